The van der Waals surface area contributed by atoms with Crippen LogP contribution in [-0.2, 0) is 14.4 Å². The quantitative estimate of drug-likeness (QED) is 0.231. The second-order valence-electron chi connectivity index (χ2n) is 5.76. The number of hydrazone groups is 1. The maximum atomic E-state index is 12.1. The molecule has 30 heavy (non-hydrogen) atoms. The predicted octanol–water partition coefficient (Wildman–Crippen LogP) is 1.53. The molecule has 0 spiro atoms. The lowest BCUT2D eigenvalue weighted by molar-refractivity contribution is -0.146. The minimum atomic E-state index is -1.05. The number of carbonyl (C=O) groups is 3. The molecule has 3 rings (SSSR count). The van der Waals surface area contributed by atoms with Crippen molar-refractivity contribution in [2.45, 2.75) is 12.8 Å². The highest BCUT2D eigenvalue weighted by atomic mass is 35.5. The van der Waals surface area contributed by atoms with Crippen LogP contribution >= 0.6 is 11.6 Å². The molecule has 3 amide bonds. The number of aromatic amines is 1. The molecule has 1 aromatic carbocycles. The fourth-order valence-corrected chi connectivity index (χ4v) is 2.36. The number of azo groups is 1. The zero-order valence-corrected chi connectivity index (χ0v) is 15.8. The molecule has 13 nitrogen and oxygen atoms in total. The number of benzene rings is 1. The van der Waals surface area contributed by atoms with E-state index in [1.54, 1.807) is 30.3 Å². The third-order valence-corrected chi connectivity index (χ3v) is 3.97. The number of H-pyrrole nitrogens is 1. The Hall–Kier alpha value is -4.31. The van der Waals surface area contributed by atoms with Gasteiger partial charge in [-0.25, -0.2) is 0 Å². The second-order valence-corrected chi connectivity index (χ2v) is 6.20. The van der Waals surface area contributed by atoms with E-state index < -0.39 is 23.4 Å². The number of amides is 3. The number of anilines is 2. The Labute approximate surface area is 173 Å². The van der Waals surface area contributed by atoms with Crippen molar-refractivity contribution in [3.8, 4) is 6.07 Å². The molecule has 1 saturated heterocycles. The average molecular weight is 429 g/mol. The van der Waals surface area contributed by atoms with Gasteiger partial charge in [-0.1, -0.05) is 11.6 Å². The summed E-state index contributed by atoms with van der Waals surface area (Å²) >= 11 is 5.81. The van der Waals surface area contributed by atoms with Crippen LogP contribution < -0.4 is 16.6 Å². The van der Waals surface area contributed by atoms with Crippen LogP contribution in [-0.4, -0.2) is 38.6 Å². The molecule has 1 aliphatic heterocycles. The number of halogens is 1. The van der Waals surface area contributed by atoms with Gasteiger partial charge in [0.05, 0.1) is 5.69 Å². The summed E-state index contributed by atoms with van der Waals surface area (Å²) in [4.78, 5) is 35.2. The Morgan fingerprint density at radius 1 is 1.23 bits per heavy atom. The van der Waals surface area contributed by atoms with E-state index in [-0.39, 0.29) is 30.2 Å². The second kappa shape index (κ2) is 8.80. The summed E-state index contributed by atoms with van der Waals surface area (Å²) in [5, 5.41) is 28.1. The molecule has 1 aromatic heterocycles. The van der Waals surface area contributed by atoms with Crippen LogP contribution in [0, 0.1) is 11.3 Å². The summed E-state index contributed by atoms with van der Waals surface area (Å²) in [6.45, 7) is 0. The molecule has 0 atom stereocenters. The van der Waals surface area contributed by atoms with Crippen LogP contribution in [0.15, 0.2) is 39.6 Å². The van der Waals surface area contributed by atoms with Crippen LogP contribution in [0.3, 0.4) is 0 Å². The first-order valence-corrected chi connectivity index (χ1v) is 8.68. The van der Waals surface area contributed by atoms with E-state index >= 15 is 0 Å². The van der Waals surface area contributed by atoms with Gasteiger partial charge in [-0.2, -0.15) is 25.6 Å². The van der Waals surface area contributed by atoms with Crippen molar-refractivity contribution < 1.29 is 14.4 Å². The number of hydrogen-bond donors (Lipinski definition) is 4. The molecule has 1 fully saturated rings. The number of nitriles is 1. The lowest BCUT2D eigenvalue weighted by Crippen LogP contribution is -2.48. The number of aromatic nitrogens is 2. The molecule has 1 aliphatic rings. The molecule has 0 unspecified atom stereocenters. The summed E-state index contributed by atoms with van der Waals surface area (Å²) < 4.78 is 0. The largest absolute Gasteiger partial charge is 0.382 e. The summed E-state index contributed by atoms with van der Waals surface area (Å²) in [5.41, 5.74) is 10.1. The van der Waals surface area contributed by atoms with Crippen molar-refractivity contribution in [3.63, 3.8) is 0 Å². The Morgan fingerprint density at radius 2 is 1.90 bits per heavy atom. The Kier molecular flexibility index (Phi) is 5.99. The molecule has 0 saturated carbocycles. The first kappa shape index (κ1) is 20.4. The summed E-state index contributed by atoms with van der Waals surface area (Å²) in [5.74, 6) is -2.17. The zero-order valence-electron chi connectivity index (χ0n) is 15.1. The van der Waals surface area contributed by atoms with Crippen LogP contribution in [0.2, 0.25) is 5.02 Å². The Bertz CT molecular complexity index is 1080. The number of imide groups is 1. The van der Waals surface area contributed by atoms with Crippen molar-refractivity contribution in [1.29, 1.82) is 5.26 Å². The molecule has 152 valence electrons. The lowest BCUT2D eigenvalue weighted by Gasteiger charge is -2.13. The van der Waals surface area contributed by atoms with E-state index in [1.165, 1.54) is 0 Å². The number of rotatable bonds is 6. The van der Waals surface area contributed by atoms with Gasteiger partial charge in [0.15, 0.2) is 11.5 Å². The number of nitrogens with two attached hydrogens (primary N) is 1. The van der Waals surface area contributed by atoms with Gasteiger partial charge in [0.1, 0.15) is 11.9 Å². The summed E-state index contributed by atoms with van der Waals surface area (Å²) in [6, 6.07) is 8.08. The van der Waals surface area contributed by atoms with Crippen LogP contribution in [0.25, 0.3) is 0 Å². The zero-order chi connectivity index (χ0) is 21.7. The number of hydrazine groups is 1. The van der Waals surface area contributed by atoms with E-state index in [2.05, 4.69) is 31.0 Å². The van der Waals surface area contributed by atoms with Gasteiger partial charge in [0.25, 0.3) is 0 Å². The van der Waals surface area contributed by atoms with Crippen LogP contribution in [0.1, 0.15) is 12.8 Å². The molecule has 2 aromatic rings. The number of nitrogen functional groups attached to an aromatic ring is 1. The monoisotopic (exact) mass is 428 g/mol. The fraction of sp³-hybridized carbons (Fsp3) is 0.125. The van der Waals surface area contributed by atoms with Crippen LogP contribution in [0.4, 0.5) is 23.0 Å². The maximum Gasteiger partial charge on any atom is 0.301 e. The van der Waals surface area contributed by atoms with Gasteiger partial charge in [-0.3, -0.25) is 30.3 Å². The highest BCUT2D eigenvalue weighted by Crippen LogP contribution is 2.30. The van der Waals surface area contributed by atoms with Crippen molar-refractivity contribution in [3.05, 3.63) is 29.3 Å². The molecule has 14 heteroatoms. The van der Waals surface area contributed by atoms with E-state index in [9.17, 15) is 14.4 Å². The number of nitrogens with zero attached hydrogens (tertiary/aromatic N) is 6. The van der Waals surface area contributed by atoms with Crippen molar-refractivity contribution in [2.24, 2.45) is 15.3 Å². The third-order valence-electron chi connectivity index (χ3n) is 3.72. The highest BCUT2D eigenvalue weighted by molar-refractivity contribution is 6.45. The molecule has 0 bridgehead atoms. The summed E-state index contributed by atoms with van der Waals surface area (Å²) in [7, 11) is 0. The topological polar surface area (TPSA) is 194 Å². The third kappa shape index (κ3) is 4.56. The number of carbonyl (C=O) groups excluding carboxylic acids is 3. The normalized spacial score (nSPS) is 14.3. The number of nitrogens with one attached hydrogen (secondary N) is 3. The molecule has 5 N–H and O–H groups in total. The smallest absolute Gasteiger partial charge is 0.301 e. The Balaban J connectivity index is 1.73. The van der Waals surface area contributed by atoms with Crippen molar-refractivity contribution in [1.82, 2.24) is 20.6 Å². The number of hydrogen-bond acceptors (Lipinski definition) is 10. The van der Waals surface area contributed by atoms with Gasteiger partial charge >= 0.3 is 5.91 Å². The van der Waals surface area contributed by atoms with E-state index in [4.69, 9.17) is 22.6 Å². The lowest BCUT2D eigenvalue weighted by atomic mass is 10.3. The minimum absolute atomic E-state index is 0.0147. The molecular weight excluding hydrogens is 416 g/mol. The molecule has 0 radical (unpaired) electrons. The predicted molar refractivity (Wildman–Crippen MR) is 105 cm³/mol. The van der Waals surface area contributed by atoms with Crippen molar-refractivity contribution >= 4 is 58.0 Å². The minimum Gasteiger partial charge on any atom is -0.382 e. The first-order valence-electron chi connectivity index (χ1n) is 8.30. The van der Waals surface area contributed by atoms with E-state index in [1.807, 2.05) is 5.43 Å². The Morgan fingerprint density at radius 3 is 2.53 bits per heavy atom. The van der Waals surface area contributed by atoms with E-state index in [0.29, 0.717) is 15.7 Å². The van der Waals surface area contributed by atoms with Crippen LogP contribution in [0.5, 0.6) is 0 Å². The van der Waals surface area contributed by atoms with Gasteiger partial charge in [-0.05, 0) is 24.3 Å². The van der Waals surface area contributed by atoms with Gasteiger partial charge in [0.2, 0.25) is 17.5 Å². The fourth-order valence-electron chi connectivity index (χ4n) is 2.24. The van der Waals surface area contributed by atoms with Gasteiger partial charge in [0, 0.05) is 17.9 Å². The molecule has 0 aliphatic carbocycles. The SMILES string of the molecule is N#CC(=NNc1n[nH]c(N)c1N=Nc1ccc(Cl)cc1)C(=O)NN1C(=O)CCC1=O. The molecular formula is C16H13ClN10O3. The van der Waals surface area contributed by atoms with Crippen molar-refractivity contribution in [2.75, 3.05) is 11.2 Å². The summed E-state index contributed by atoms with van der Waals surface area (Å²) in [6.07, 6.45) is -0.0458. The molecule has 2 heterocycles. The van der Waals surface area contributed by atoms with E-state index in [0.717, 1.165) is 0 Å². The maximum absolute atomic E-state index is 12.1. The highest BCUT2D eigenvalue weighted by Gasteiger charge is 2.31. The van der Waals surface area contributed by atoms with Gasteiger partial charge in [-0.15, -0.1) is 5.11 Å². The first-order chi connectivity index (χ1) is 14.4. The standard InChI is InChI=1S/C16H13ClN10O3/c17-8-1-3-9(4-2-8)20-22-13-14(19)23-25-15(13)24-21-10(7-18)16(30)26-27-11(28)5-6-12(27)29/h1-4H,5-6H2,(H,26,30)(H4,19,23,24,25). The van der Waals surface area contributed by atoms with Gasteiger partial charge < -0.3 is 5.73 Å². The average Bonchev–Trinajstić information content (AvgIpc) is 3.24.